The fourth-order valence-corrected chi connectivity index (χ4v) is 1.09. The fourth-order valence-electron chi connectivity index (χ4n) is 1.09. The predicted molar refractivity (Wildman–Crippen MR) is 65.0 cm³/mol. The second-order valence-corrected chi connectivity index (χ2v) is 3.98. The van der Waals surface area contributed by atoms with Crippen molar-refractivity contribution >= 4 is 17.9 Å². The molecular formula is C10H13F3N4O6. The summed E-state index contributed by atoms with van der Waals surface area (Å²) in [6.45, 7) is -0.475. The Morgan fingerprint density at radius 1 is 1.22 bits per heavy atom. The van der Waals surface area contributed by atoms with Crippen molar-refractivity contribution in [1.29, 1.82) is 0 Å². The van der Waals surface area contributed by atoms with Gasteiger partial charge in [0.2, 0.25) is 0 Å². The van der Waals surface area contributed by atoms with Crippen molar-refractivity contribution in [2.45, 2.75) is 31.5 Å². The van der Waals surface area contributed by atoms with Gasteiger partial charge >= 0.3 is 24.1 Å². The first-order valence-electron chi connectivity index (χ1n) is 6.10. The molecule has 0 aromatic rings. The van der Waals surface area contributed by atoms with Gasteiger partial charge < -0.3 is 10.5 Å². The average Bonchev–Trinajstić information content (AvgIpc) is 2.48. The van der Waals surface area contributed by atoms with Crippen molar-refractivity contribution in [2.75, 3.05) is 13.2 Å². The molecule has 0 aromatic heterocycles. The highest BCUT2D eigenvalue weighted by molar-refractivity contribution is 5.78. The number of ether oxygens (including phenoxy) is 1. The molecule has 13 heteroatoms. The maximum atomic E-state index is 11.8. The maximum Gasteiger partial charge on any atom is 0.495 e. The van der Waals surface area contributed by atoms with E-state index in [1.165, 1.54) is 0 Å². The molecule has 10 nitrogen and oxygen atoms in total. The first-order chi connectivity index (χ1) is 10.7. The monoisotopic (exact) mass is 342 g/mol. The van der Waals surface area contributed by atoms with Crippen LogP contribution in [0.15, 0.2) is 5.11 Å². The van der Waals surface area contributed by atoms with Crippen LogP contribution in [-0.4, -0.2) is 43.3 Å². The van der Waals surface area contributed by atoms with Gasteiger partial charge in [0.1, 0.15) is 12.6 Å². The minimum Gasteiger partial charge on any atom is -0.466 e. The maximum absolute atomic E-state index is 11.8. The molecule has 0 rings (SSSR count). The van der Waals surface area contributed by atoms with E-state index in [-0.39, 0.29) is 19.4 Å². The Morgan fingerprint density at radius 2 is 1.87 bits per heavy atom. The number of carbonyl (C=O) groups is 3. The zero-order valence-electron chi connectivity index (χ0n) is 11.6. The number of alkyl halides is 3. The van der Waals surface area contributed by atoms with Crippen LogP contribution in [0.25, 0.3) is 10.4 Å². The zero-order chi connectivity index (χ0) is 17.9. The number of unbranched alkanes of at least 4 members (excludes halogenated alkanes) is 1. The van der Waals surface area contributed by atoms with Crippen LogP contribution >= 0.6 is 0 Å². The first kappa shape index (κ1) is 20.5. The van der Waals surface area contributed by atoms with Crippen LogP contribution in [0.4, 0.5) is 13.2 Å². The summed E-state index contributed by atoms with van der Waals surface area (Å²) in [4.78, 5) is 41.6. The Labute approximate surface area is 127 Å². The Balaban J connectivity index is 3.83. The molecule has 0 spiro atoms. The Hall–Kier alpha value is -2.53. The molecule has 0 aliphatic heterocycles. The van der Waals surface area contributed by atoms with Crippen LogP contribution in [0.2, 0.25) is 0 Å². The molecule has 0 radical (unpaired) electrons. The third-order valence-corrected chi connectivity index (χ3v) is 2.17. The van der Waals surface area contributed by atoms with E-state index in [0.29, 0.717) is 6.42 Å². The van der Waals surface area contributed by atoms with Gasteiger partial charge in [0.15, 0.2) is 0 Å². The van der Waals surface area contributed by atoms with E-state index in [1.807, 2.05) is 0 Å². The van der Waals surface area contributed by atoms with Gasteiger partial charge in [-0.2, -0.15) is 13.2 Å². The molecule has 0 aliphatic carbocycles. The summed E-state index contributed by atoms with van der Waals surface area (Å²) in [5.74, 6) is -4.75. The van der Waals surface area contributed by atoms with Crippen LogP contribution in [0, 0.1) is 0 Å². The largest absolute Gasteiger partial charge is 0.495 e. The van der Waals surface area contributed by atoms with E-state index < -0.39 is 36.7 Å². The lowest BCUT2D eigenvalue weighted by Gasteiger charge is -2.10. The predicted octanol–water partition coefficient (Wildman–Crippen LogP) is 0.901. The molecule has 23 heavy (non-hydrogen) atoms. The summed E-state index contributed by atoms with van der Waals surface area (Å²) in [6, 6.07) is -1.31. The number of azide groups is 1. The smallest absolute Gasteiger partial charge is 0.466 e. The lowest BCUT2D eigenvalue weighted by molar-refractivity contribution is -0.286. The highest BCUT2D eigenvalue weighted by Crippen LogP contribution is 2.16. The van der Waals surface area contributed by atoms with E-state index in [0.717, 1.165) is 0 Å². The molecule has 130 valence electrons. The van der Waals surface area contributed by atoms with Crippen molar-refractivity contribution in [3.8, 4) is 0 Å². The number of rotatable bonds is 8. The molecule has 0 fully saturated rings. The van der Waals surface area contributed by atoms with Crippen LogP contribution in [0.1, 0.15) is 19.3 Å². The number of hydrogen-bond donors (Lipinski definition) is 1. The quantitative estimate of drug-likeness (QED) is 0.131. The summed E-state index contributed by atoms with van der Waals surface area (Å²) in [7, 11) is 0. The number of halogens is 3. The van der Waals surface area contributed by atoms with Gasteiger partial charge in [-0.15, -0.1) is 0 Å². The SMILES string of the molecule is [N-]=[N+]=NCC(=O)OCCCC[C@H](N)C(=O)OOC(=O)C(F)(F)F. The zero-order valence-corrected chi connectivity index (χ0v) is 11.6. The molecule has 0 amide bonds. The minimum atomic E-state index is -5.29. The normalized spacial score (nSPS) is 11.8. The Kier molecular flexibility index (Phi) is 9.11. The number of nitrogens with zero attached hydrogens (tertiary/aromatic N) is 3. The van der Waals surface area contributed by atoms with E-state index in [9.17, 15) is 27.6 Å². The summed E-state index contributed by atoms with van der Waals surface area (Å²) in [5, 5.41) is 2.98. The van der Waals surface area contributed by atoms with Gasteiger partial charge in [-0.05, 0) is 24.8 Å². The van der Waals surface area contributed by atoms with Gasteiger partial charge in [0, 0.05) is 4.91 Å². The van der Waals surface area contributed by atoms with Crippen LogP contribution in [-0.2, 0) is 28.9 Å². The molecule has 0 aliphatic rings. The van der Waals surface area contributed by atoms with Crippen molar-refractivity contribution in [1.82, 2.24) is 0 Å². The lowest BCUT2D eigenvalue weighted by atomic mass is 10.1. The van der Waals surface area contributed by atoms with Gasteiger partial charge in [-0.25, -0.2) is 19.4 Å². The standard InChI is InChI=1S/C10H13F3N4O6/c11-10(12,13)9(20)23-22-8(19)6(14)3-1-2-4-21-7(18)5-16-17-15/h6H,1-5,14H2/t6-/m0/s1. The van der Waals surface area contributed by atoms with Gasteiger partial charge in [-0.3, -0.25) is 4.79 Å². The van der Waals surface area contributed by atoms with E-state index in [2.05, 4.69) is 24.5 Å². The molecule has 0 saturated carbocycles. The van der Waals surface area contributed by atoms with Crippen molar-refractivity contribution < 1.29 is 42.1 Å². The number of carbonyl (C=O) groups excluding carboxylic acids is 3. The molecule has 0 unspecified atom stereocenters. The van der Waals surface area contributed by atoms with Crippen molar-refractivity contribution in [2.24, 2.45) is 10.8 Å². The van der Waals surface area contributed by atoms with Crippen LogP contribution < -0.4 is 5.73 Å². The van der Waals surface area contributed by atoms with E-state index in [1.54, 1.807) is 0 Å². The molecule has 0 saturated heterocycles. The number of hydrogen-bond acceptors (Lipinski definition) is 8. The summed E-state index contributed by atoms with van der Waals surface area (Å²) in [6.07, 6.45) is -4.72. The third-order valence-electron chi connectivity index (χ3n) is 2.17. The second-order valence-electron chi connectivity index (χ2n) is 3.98. The van der Waals surface area contributed by atoms with Crippen LogP contribution in [0.5, 0.6) is 0 Å². The Morgan fingerprint density at radius 3 is 2.43 bits per heavy atom. The van der Waals surface area contributed by atoms with Crippen molar-refractivity contribution in [3.63, 3.8) is 0 Å². The van der Waals surface area contributed by atoms with E-state index in [4.69, 9.17) is 11.3 Å². The van der Waals surface area contributed by atoms with Gasteiger partial charge in [0.25, 0.3) is 0 Å². The topological polar surface area (TPSA) is 154 Å². The first-order valence-corrected chi connectivity index (χ1v) is 6.10. The Bertz CT molecular complexity index is 478. The molecular weight excluding hydrogens is 329 g/mol. The van der Waals surface area contributed by atoms with Crippen molar-refractivity contribution in [3.05, 3.63) is 10.4 Å². The third kappa shape index (κ3) is 9.92. The summed E-state index contributed by atoms with van der Waals surface area (Å²) in [5.41, 5.74) is 13.3. The number of nitrogens with two attached hydrogens (primary N) is 1. The number of esters is 1. The minimum absolute atomic E-state index is 0.00367. The fraction of sp³-hybridized carbons (Fsp3) is 0.700. The molecule has 0 aromatic carbocycles. The molecule has 0 bridgehead atoms. The van der Waals surface area contributed by atoms with Gasteiger partial charge in [-0.1, -0.05) is 5.11 Å². The molecule has 1 atom stereocenters. The highest BCUT2D eigenvalue weighted by atomic mass is 19.4. The summed E-state index contributed by atoms with van der Waals surface area (Å²) < 4.78 is 39.9. The summed E-state index contributed by atoms with van der Waals surface area (Å²) >= 11 is 0. The lowest BCUT2D eigenvalue weighted by Crippen LogP contribution is -2.35. The van der Waals surface area contributed by atoms with E-state index >= 15 is 0 Å². The van der Waals surface area contributed by atoms with Crippen LogP contribution in [0.3, 0.4) is 0 Å². The second kappa shape index (κ2) is 10.2. The average molecular weight is 342 g/mol. The van der Waals surface area contributed by atoms with Gasteiger partial charge in [0.05, 0.1) is 6.61 Å². The highest BCUT2D eigenvalue weighted by Gasteiger charge is 2.43. The molecule has 0 heterocycles. The molecule has 2 N–H and O–H groups in total.